The van der Waals surface area contributed by atoms with Crippen LogP contribution in [0.25, 0.3) is 166 Å². The summed E-state index contributed by atoms with van der Waals surface area (Å²) in [6, 6.07) is 110. The number of para-hydroxylation sites is 2. The van der Waals surface area contributed by atoms with E-state index in [1.807, 2.05) is 24.3 Å². The Morgan fingerprint density at radius 1 is 0.204 bits per heavy atom. The third kappa shape index (κ3) is 9.41. The van der Waals surface area contributed by atoms with Gasteiger partial charge in [0.2, 0.25) is 0 Å². The van der Waals surface area contributed by atoms with Crippen molar-refractivity contribution in [3.05, 3.63) is 337 Å². The molecule has 464 valence electrons. The fourth-order valence-electron chi connectivity index (χ4n) is 16.3. The van der Waals surface area contributed by atoms with Crippen LogP contribution in [0.15, 0.2) is 303 Å². The van der Waals surface area contributed by atoms with Gasteiger partial charge in [-0.3, -0.25) is 0 Å². The summed E-state index contributed by atoms with van der Waals surface area (Å²) in [5, 5.41) is 9.79. The fraction of sp³-hybridized carbons (Fsp3) is 0.0851. The van der Waals surface area contributed by atoms with Gasteiger partial charge in [0.1, 0.15) is 0 Å². The van der Waals surface area contributed by atoms with Gasteiger partial charge in [-0.05, 0) is 171 Å². The van der Waals surface area contributed by atoms with E-state index < -0.39 is 0 Å². The number of nitrogens with zero attached hydrogens (tertiary/aromatic N) is 4. The largest absolute Gasteiger partial charge is 0.244 e. The number of rotatable bonds is 7. The molecule has 2 aliphatic carbocycles. The molecule has 0 bridgehead atoms. The van der Waals surface area contributed by atoms with E-state index in [1.54, 1.807) is 0 Å². The van der Waals surface area contributed by atoms with E-state index in [1.165, 1.54) is 127 Å². The number of aryl methyl sites for hydroxylation is 2. The smallest absolute Gasteiger partial charge is 0.0985 e. The lowest BCUT2D eigenvalue weighted by Gasteiger charge is -2.23. The Kier molecular flexibility index (Phi) is 13.7. The molecule has 2 heterocycles. The molecule has 0 saturated carbocycles. The molecule has 0 radical (unpaired) electrons. The maximum Gasteiger partial charge on any atom is 0.0985 e. The summed E-state index contributed by atoms with van der Waals surface area (Å²) in [6.45, 7) is 13.8. The van der Waals surface area contributed by atoms with Crippen LogP contribution in [0, 0.1) is 13.8 Å². The van der Waals surface area contributed by atoms with Crippen LogP contribution < -0.4 is 0 Å². The van der Waals surface area contributed by atoms with Crippen LogP contribution in [0.3, 0.4) is 0 Å². The number of hydrogen-bond acceptors (Lipinski definition) is 4. The van der Waals surface area contributed by atoms with Crippen molar-refractivity contribution in [2.75, 3.05) is 0 Å². The maximum absolute atomic E-state index is 5.37. The molecule has 2 aliphatic rings. The van der Waals surface area contributed by atoms with Gasteiger partial charge in [0, 0.05) is 33.1 Å². The van der Waals surface area contributed by atoms with Gasteiger partial charge in [0.15, 0.2) is 0 Å². The molecule has 0 unspecified atom stereocenters. The predicted molar refractivity (Wildman–Crippen MR) is 412 cm³/mol. The van der Waals surface area contributed by atoms with Gasteiger partial charge in [0.25, 0.3) is 0 Å². The topological polar surface area (TPSA) is 51.6 Å². The summed E-state index contributed by atoms with van der Waals surface area (Å²) in [7, 11) is 0. The molecule has 98 heavy (non-hydrogen) atoms. The van der Waals surface area contributed by atoms with Gasteiger partial charge >= 0.3 is 0 Å². The lowest BCUT2D eigenvalue weighted by Crippen LogP contribution is -2.14. The minimum absolute atomic E-state index is 0.0747. The molecule has 0 atom stereocenters. The first-order chi connectivity index (χ1) is 47.9. The molecule has 4 nitrogen and oxygen atoms in total. The van der Waals surface area contributed by atoms with Crippen molar-refractivity contribution in [3.8, 4) is 101 Å². The van der Waals surface area contributed by atoms with Crippen LogP contribution in [0.1, 0.15) is 61.1 Å². The van der Waals surface area contributed by atoms with Crippen molar-refractivity contribution >= 4 is 65.2 Å². The first-order valence-corrected chi connectivity index (χ1v) is 34.1. The number of hydrogen-bond donors (Lipinski definition) is 0. The van der Waals surface area contributed by atoms with Crippen molar-refractivity contribution in [3.63, 3.8) is 0 Å². The van der Waals surface area contributed by atoms with Gasteiger partial charge in [-0.1, -0.05) is 306 Å². The van der Waals surface area contributed by atoms with Gasteiger partial charge < -0.3 is 0 Å². The highest BCUT2D eigenvalue weighted by molar-refractivity contribution is 6.24. The zero-order valence-electron chi connectivity index (χ0n) is 55.7. The van der Waals surface area contributed by atoms with Crippen LogP contribution in [0.2, 0.25) is 0 Å². The van der Waals surface area contributed by atoms with E-state index in [9.17, 15) is 0 Å². The average Bonchev–Trinajstić information content (AvgIpc) is 1.24. The standard InChI is InChI=1S/C50H36N2.C44H32N2/c1-31-22-25-40-41(28-31)47(34-23-26-37-36-18-12-13-21-42(36)50(2,3)43(37)29-34)39-20-11-10-19-38(39)46(40)35-24-27-44-45(30-35)52-49(33-16-8-5-9-17-33)48(51-44)32-14-6-4-7-15-32;1-27-21-23-34-35(25-27)40(29-22-24-31-30-15-9-10-18-36(30)44(2,3)37(31)26-29)32-16-7-8-17-33(32)41(34)43-42(28-13-5-4-6-14-28)45-38-19-11-12-20-39(38)46-43/h4-30H,1-3H3;4-26H,1-3H3. The molecule has 0 fully saturated rings. The highest BCUT2D eigenvalue weighted by Gasteiger charge is 2.37. The quantitative estimate of drug-likeness (QED) is 0.149. The Morgan fingerprint density at radius 3 is 0.990 bits per heavy atom. The fourth-order valence-corrected chi connectivity index (χ4v) is 16.3. The second-order valence-electron chi connectivity index (χ2n) is 27.7. The van der Waals surface area contributed by atoms with Gasteiger partial charge in [0.05, 0.1) is 44.8 Å². The summed E-state index contributed by atoms with van der Waals surface area (Å²) in [5.41, 5.74) is 32.1. The molecular weight excluding hydrogens is 1190 g/mol. The lowest BCUT2D eigenvalue weighted by atomic mass is 9.80. The van der Waals surface area contributed by atoms with Crippen LogP contribution >= 0.6 is 0 Å². The monoisotopic (exact) mass is 1250 g/mol. The molecule has 0 aliphatic heterocycles. The molecule has 0 spiro atoms. The summed E-state index contributed by atoms with van der Waals surface area (Å²) in [6.07, 6.45) is 0. The number of benzene rings is 15. The number of fused-ring (bicyclic) bond motifs is 12. The van der Waals surface area contributed by atoms with Crippen LogP contribution in [0.5, 0.6) is 0 Å². The maximum atomic E-state index is 5.37. The third-order valence-electron chi connectivity index (χ3n) is 21.0. The van der Waals surface area contributed by atoms with Crippen LogP contribution in [-0.2, 0) is 10.8 Å². The van der Waals surface area contributed by atoms with Crippen molar-refractivity contribution in [2.24, 2.45) is 0 Å². The minimum Gasteiger partial charge on any atom is -0.244 e. The zero-order valence-corrected chi connectivity index (χ0v) is 55.7. The highest BCUT2D eigenvalue weighted by atomic mass is 14.8. The highest BCUT2D eigenvalue weighted by Crippen LogP contribution is 2.54. The lowest BCUT2D eigenvalue weighted by molar-refractivity contribution is 0.660. The first-order valence-electron chi connectivity index (χ1n) is 34.1. The Labute approximate surface area is 571 Å². The average molecular weight is 1250 g/mol. The van der Waals surface area contributed by atoms with Gasteiger partial charge in [-0.2, -0.15) is 0 Å². The summed E-state index contributed by atoms with van der Waals surface area (Å²) < 4.78 is 0. The SMILES string of the molecule is Cc1ccc2c(-c3ccc4nc(-c5ccccc5)c(-c5ccccc5)nc4c3)c3ccccc3c(-c3ccc4c(c3)C(C)(C)c3ccccc3-4)c2c1.Cc1ccc2c(-c3nc4ccccc4nc3-c3ccccc3)c3ccccc3c(-c3ccc4c(c3)C(C)(C)c3ccccc3-4)c2c1. The predicted octanol–water partition coefficient (Wildman–Crippen LogP) is 24.8. The Bertz CT molecular complexity index is 6130. The van der Waals surface area contributed by atoms with Crippen molar-refractivity contribution in [2.45, 2.75) is 52.4 Å². The Balaban J connectivity index is 0.000000143. The summed E-state index contributed by atoms with van der Waals surface area (Å²) in [4.78, 5) is 21.2. The minimum atomic E-state index is -0.0749. The molecule has 15 aromatic carbocycles. The summed E-state index contributed by atoms with van der Waals surface area (Å²) >= 11 is 0. The van der Waals surface area contributed by atoms with Gasteiger partial charge in [-0.15, -0.1) is 0 Å². The van der Waals surface area contributed by atoms with E-state index >= 15 is 0 Å². The molecule has 0 saturated heterocycles. The second-order valence-corrected chi connectivity index (χ2v) is 27.7. The van der Waals surface area contributed by atoms with Gasteiger partial charge in [-0.25, -0.2) is 19.9 Å². The van der Waals surface area contributed by atoms with Crippen LogP contribution in [0.4, 0.5) is 0 Å². The van der Waals surface area contributed by atoms with E-state index in [2.05, 4.69) is 321 Å². The molecular formula is C94H68N4. The molecule has 0 amide bonds. The summed E-state index contributed by atoms with van der Waals surface area (Å²) in [5.74, 6) is 0. The first kappa shape index (κ1) is 58.6. The molecule has 4 heteroatoms. The molecule has 19 rings (SSSR count). The van der Waals surface area contributed by atoms with E-state index in [4.69, 9.17) is 19.9 Å². The van der Waals surface area contributed by atoms with Crippen molar-refractivity contribution in [1.29, 1.82) is 0 Å². The zero-order chi connectivity index (χ0) is 66.0. The van der Waals surface area contributed by atoms with Crippen LogP contribution in [-0.4, -0.2) is 19.9 Å². The second kappa shape index (κ2) is 22.9. The normalized spacial score (nSPS) is 13.2. The Hall–Kier alpha value is -12.0. The van der Waals surface area contributed by atoms with E-state index in [0.29, 0.717) is 0 Å². The molecule has 17 aromatic rings. The van der Waals surface area contributed by atoms with Crippen molar-refractivity contribution < 1.29 is 0 Å². The third-order valence-corrected chi connectivity index (χ3v) is 21.0. The van der Waals surface area contributed by atoms with E-state index in [0.717, 1.165) is 72.7 Å². The van der Waals surface area contributed by atoms with E-state index in [-0.39, 0.29) is 10.8 Å². The molecule has 0 N–H and O–H groups in total. The number of aromatic nitrogens is 4. The van der Waals surface area contributed by atoms with Crippen molar-refractivity contribution in [1.82, 2.24) is 19.9 Å². The molecule has 2 aromatic heterocycles. The Morgan fingerprint density at radius 2 is 0.520 bits per heavy atom.